The Labute approximate surface area is 161 Å². The second-order valence-corrected chi connectivity index (χ2v) is 9.92. The van der Waals surface area contributed by atoms with Crippen LogP contribution in [0.5, 0.6) is 0 Å². The molecule has 0 bridgehead atoms. The van der Waals surface area contributed by atoms with Gasteiger partial charge >= 0.3 is 0 Å². The SMILES string of the molecule is CC(C)CC(C)CC(C)CC(C)c1ccc(S(=O)(=O)O)cc1.CC(C)N. The third kappa shape index (κ3) is 11.7. The summed E-state index contributed by atoms with van der Waals surface area (Å²) in [5, 5.41) is 0. The number of hydrogen-bond donors (Lipinski definition) is 2. The Hall–Kier alpha value is -0.910. The molecule has 1 aromatic rings. The fourth-order valence-electron chi connectivity index (χ4n) is 3.39. The molecule has 0 aliphatic heterocycles. The van der Waals surface area contributed by atoms with Crippen molar-refractivity contribution in [3.8, 4) is 0 Å². The quantitative estimate of drug-likeness (QED) is 0.580. The van der Waals surface area contributed by atoms with Crippen LogP contribution in [0, 0.1) is 17.8 Å². The summed E-state index contributed by atoms with van der Waals surface area (Å²) >= 11 is 0. The molecule has 0 saturated heterocycles. The maximum atomic E-state index is 11.1. The van der Waals surface area contributed by atoms with Gasteiger partial charge in [-0.2, -0.15) is 8.42 Å². The van der Waals surface area contributed by atoms with Gasteiger partial charge in [0, 0.05) is 0 Å². The Morgan fingerprint density at radius 1 is 0.846 bits per heavy atom. The summed E-state index contributed by atoms with van der Waals surface area (Å²) < 4.78 is 31.1. The van der Waals surface area contributed by atoms with Crippen LogP contribution in [0.15, 0.2) is 29.2 Å². The summed E-state index contributed by atoms with van der Waals surface area (Å²) in [5.74, 6) is 2.51. The summed E-state index contributed by atoms with van der Waals surface area (Å²) in [6, 6.07) is 6.90. The van der Waals surface area contributed by atoms with E-state index in [1.807, 2.05) is 13.8 Å². The number of hydrogen-bond acceptors (Lipinski definition) is 3. The third-order valence-corrected chi connectivity index (χ3v) is 5.05. The van der Waals surface area contributed by atoms with Gasteiger partial charge in [-0.15, -0.1) is 0 Å². The predicted octanol–water partition coefficient (Wildman–Crippen LogP) is 5.49. The van der Waals surface area contributed by atoms with E-state index in [4.69, 9.17) is 10.3 Å². The zero-order valence-electron chi connectivity index (χ0n) is 17.6. The fourth-order valence-corrected chi connectivity index (χ4v) is 3.87. The van der Waals surface area contributed by atoms with Crippen molar-refractivity contribution in [1.82, 2.24) is 0 Å². The van der Waals surface area contributed by atoms with Gasteiger partial charge in [0.2, 0.25) is 0 Å². The van der Waals surface area contributed by atoms with Crippen LogP contribution < -0.4 is 5.73 Å². The topological polar surface area (TPSA) is 80.4 Å². The molecule has 0 heterocycles. The molecule has 1 rings (SSSR count). The maximum absolute atomic E-state index is 11.1. The van der Waals surface area contributed by atoms with Gasteiger partial charge in [0.15, 0.2) is 0 Å². The molecule has 4 nitrogen and oxygen atoms in total. The van der Waals surface area contributed by atoms with E-state index in [1.54, 1.807) is 12.1 Å². The first-order chi connectivity index (χ1) is 11.8. The molecule has 0 fully saturated rings. The van der Waals surface area contributed by atoms with E-state index in [9.17, 15) is 8.42 Å². The zero-order valence-corrected chi connectivity index (χ0v) is 18.4. The van der Waals surface area contributed by atoms with E-state index in [1.165, 1.54) is 25.0 Å². The Morgan fingerprint density at radius 2 is 1.27 bits per heavy atom. The molecule has 0 amide bonds. The molecule has 26 heavy (non-hydrogen) atoms. The van der Waals surface area contributed by atoms with Gasteiger partial charge in [0.25, 0.3) is 10.1 Å². The summed E-state index contributed by atoms with van der Waals surface area (Å²) in [7, 11) is -4.10. The Morgan fingerprint density at radius 3 is 1.65 bits per heavy atom. The van der Waals surface area contributed by atoms with Crippen molar-refractivity contribution in [3.63, 3.8) is 0 Å². The Kier molecular flexibility index (Phi) is 11.3. The first kappa shape index (κ1) is 25.1. The van der Waals surface area contributed by atoms with Gasteiger partial charge in [-0.1, -0.05) is 60.6 Å². The smallest absolute Gasteiger partial charge is 0.294 e. The van der Waals surface area contributed by atoms with Crippen LogP contribution in [0.4, 0.5) is 0 Å². The maximum Gasteiger partial charge on any atom is 0.294 e. The van der Waals surface area contributed by atoms with Crippen LogP contribution in [-0.2, 0) is 10.1 Å². The molecule has 0 saturated carbocycles. The molecule has 0 aliphatic carbocycles. The molecule has 0 spiro atoms. The van der Waals surface area contributed by atoms with Gasteiger partial charge in [0.1, 0.15) is 0 Å². The molecular weight excluding hydrogens is 346 g/mol. The third-order valence-electron chi connectivity index (χ3n) is 4.18. The van der Waals surface area contributed by atoms with Gasteiger partial charge in [0.05, 0.1) is 4.90 Å². The lowest BCUT2D eigenvalue weighted by Crippen LogP contribution is -2.09. The van der Waals surface area contributed by atoms with Crippen LogP contribution in [0.1, 0.15) is 79.2 Å². The van der Waals surface area contributed by atoms with Crippen LogP contribution in [0.2, 0.25) is 0 Å². The molecule has 0 radical (unpaired) electrons. The van der Waals surface area contributed by atoms with Crippen LogP contribution in [0.25, 0.3) is 0 Å². The molecule has 3 N–H and O–H groups in total. The average molecular weight is 386 g/mol. The van der Waals surface area contributed by atoms with Crippen molar-refractivity contribution in [2.75, 3.05) is 0 Å². The van der Waals surface area contributed by atoms with E-state index in [0.29, 0.717) is 17.9 Å². The van der Waals surface area contributed by atoms with Crippen molar-refractivity contribution in [2.45, 2.75) is 84.6 Å². The molecule has 3 atom stereocenters. The zero-order chi connectivity index (χ0) is 20.5. The highest BCUT2D eigenvalue weighted by molar-refractivity contribution is 7.85. The fraction of sp³-hybridized carbons (Fsp3) is 0.714. The van der Waals surface area contributed by atoms with Crippen molar-refractivity contribution < 1.29 is 13.0 Å². The summed E-state index contributed by atoms with van der Waals surface area (Å²) in [6.45, 7) is 15.2. The Bertz CT molecular complexity index is 591. The minimum atomic E-state index is -4.10. The molecule has 0 aliphatic rings. The largest absolute Gasteiger partial charge is 0.328 e. The van der Waals surface area contributed by atoms with Gasteiger partial charge in [-0.3, -0.25) is 4.55 Å². The lowest BCUT2D eigenvalue weighted by atomic mass is 9.84. The minimum Gasteiger partial charge on any atom is -0.328 e. The minimum absolute atomic E-state index is 0.0398. The first-order valence-electron chi connectivity index (χ1n) is 9.65. The highest BCUT2D eigenvalue weighted by Crippen LogP contribution is 2.29. The van der Waals surface area contributed by atoms with Gasteiger partial charge < -0.3 is 5.73 Å². The van der Waals surface area contributed by atoms with Crippen LogP contribution in [-0.4, -0.2) is 19.0 Å². The van der Waals surface area contributed by atoms with Crippen molar-refractivity contribution in [3.05, 3.63) is 29.8 Å². The highest BCUT2D eigenvalue weighted by Gasteiger charge is 2.16. The Balaban J connectivity index is 0.00000141. The van der Waals surface area contributed by atoms with E-state index in [2.05, 4.69) is 34.6 Å². The molecule has 152 valence electrons. The van der Waals surface area contributed by atoms with Crippen molar-refractivity contribution in [2.24, 2.45) is 23.5 Å². The van der Waals surface area contributed by atoms with Gasteiger partial charge in [-0.05, 0) is 66.7 Å². The number of nitrogens with two attached hydrogens (primary N) is 1. The molecule has 3 unspecified atom stereocenters. The van der Waals surface area contributed by atoms with Crippen LogP contribution >= 0.6 is 0 Å². The summed E-state index contributed by atoms with van der Waals surface area (Å²) in [6.07, 6.45) is 3.58. The van der Waals surface area contributed by atoms with E-state index >= 15 is 0 Å². The van der Waals surface area contributed by atoms with E-state index in [0.717, 1.165) is 23.8 Å². The predicted molar refractivity (Wildman–Crippen MR) is 111 cm³/mol. The number of benzene rings is 1. The highest BCUT2D eigenvalue weighted by atomic mass is 32.2. The lowest BCUT2D eigenvalue weighted by molar-refractivity contribution is 0.333. The van der Waals surface area contributed by atoms with Crippen molar-refractivity contribution >= 4 is 10.1 Å². The standard InChI is InChI=1S/C18H30O3S.C3H9N/c1-13(2)10-14(3)11-15(4)12-16(5)17-6-8-18(9-7-17)22(19,20)21;1-3(2)4/h6-9,13-16H,10-12H2,1-5H3,(H,19,20,21);3H,4H2,1-2H3. The van der Waals surface area contributed by atoms with Crippen LogP contribution in [0.3, 0.4) is 0 Å². The van der Waals surface area contributed by atoms with Gasteiger partial charge in [-0.25, -0.2) is 0 Å². The summed E-state index contributed by atoms with van der Waals surface area (Å²) in [5.41, 5.74) is 6.23. The normalized spacial score (nSPS) is 15.3. The monoisotopic (exact) mass is 385 g/mol. The van der Waals surface area contributed by atoms with Crippen molar-refractivity contribution in [1.29, 1.82) is 0 Å². The first-order valence-corrected chi connectivity index (χ1v) is 11.1. The average Bonchev–Trinajstić information content (AvgIpc) is 2.44. The summed E-state index contributed by atoms with van der Waals surface area (Å²) in [4.78, 5) is -0.0398. The molecule has 1 aromatic carbocycles. The lowest BCUT2D eigenvalue weighted by Gasteiger charge is -2.22. The van der Waals surface area contributed by atoms with E-state index < -0.39 is 10.1 Å². The van der Waals surface area contributed by atoms with E-state index in [-0.39, 0.29) is 4.90 Å². The number of rotatable bonds is 8. The second kappa shape index (κ2) is 11.7. The molecular formula is C21H39NO3S. The molecule has 5 heteroatoms. The molecule has 0 aromatic heterocycles. The second-order valence-electron chi connectivity index (χ2n) is 8.50.